The van der Waals surface area contributed by atoms with E-state index in [0.717, 1.165) is 17.1 Å². The van der Waals surface area contributed by atoms with E-state index in [1.807, 2.05) is 54.9 Å². The zero-order valence-corrected chi connectivity index (χ0v) is 14.9. The van der Waals surface area contributed by atoms with Crippen LogP contribution in [0.4, 0.5) is 5.69 Å². The van der Waals surface area contributed by atoms with Crippen molar-refractivity contribution in [2.75, 3.05) is 5.32 Å². The number of para-hydroxylation sites is 1. The fourth-order valence-electron chi connectivity index (χ4n) is 2.90. The van der Waals surface area contributed by atoms with Crippen LogP contribution < -0.4 is 5.32 Å². The van der Waals surface area contributed by atoms with Crippen LogP contribution in [0.2, 0.25) is 0 Å². The molecule has 27 heavy (non-hydrogen) atoms. The molecule has 134 valence electrons. The summed E-state index contributed by atoms with van der Waals surface area (Å²) in [4.78, 5) is 12.8. The molecule has 0 unspecified atom stereocenters. The minimum Gasteiger partial charge on any atom is -0.319 e. The van der Waals surface area contributed by atoms with Gasteiger partial charge in [-0.1, -0.05) is 24.3 Å². The Labute approximate surface area is 155 Å². The first kappa shape index (κ1) is 16.6. The molecule has 0 bridgehead atoms. The quantitative estimate of drug-likeness (QED) is 0.605. The lowest BCUT2D eigenvalue weighted by atomic mass is 10.2. The lowest BCUT2D eigenvalue weighted by Crippen LogP contribution is -2.13. The predicted molar refractivity (Wildman–Crippen MR) is 100 cm³/mol. The van der Waals surface area contributed by atoms with Crippen LogP contribution in [-0.4, -0.2) is 35.9 Å². The topological polar surface area (TPSA) is 90.5 Å². The van der Waals surface area contributed by atoms with Gasteiger partial charge in [0.25, 0.3) is 5.91 Å². The van der Waals surface area contributed by atoms with Crippen molar-refractivity contribution in [1.82, 2.24) is 30.0 Å². The highest BCUT2D eigenvalue weighted by Gasteiger charge is 2.16. The summed E-state index contributed by atoms with van der Waals surface area (Å²) < 4.78 is 3.32. The Morgan fingerprint density at radius 2 is 1.78 bits per heavy atom. The average Bonchev–Trinajstić information content (AvgIpc) is 3.33. The Kier molecular flexibility index (Phi) is 4.21. The van der Waals surface area contributed by atoms with E-state index in [-0.39, 0.29) is 5.91 Å². The standard InChI is InChI=1S/C19H17N7O/c1-13-18(14(2)26(22-13)16-8-4-3-5-9-16)21-19(27)15-7-6-10-17(11-15)25-12-20-23-24-25/h3-12H,1-2H3,(H,21,27). The minimum absolute atomic E-state index is 0.219. The van der Waals surface area contributed by atoms with E-state index in [0.29, 0.717) is 16.9 Å². The van der Waals surface area contributed by atoms with E-state index in [2.05, 4.69) is 25.9 Å². The molecule has 4 rings (SSSR count). The van der Waals surface area contributed by atoms with Gasteiger partial charge in [-0.3, -0.25) is 4.79 Å². The second-order valence-electron chi connectivity index (χ2n) is 6.05. The maximum absolute atomic E-state index is 12.8. The van der Waals surface area contributed by atoms with Crippen LogP contribution >= 0.6 is 0 Å². The molecule has 2 heterocycles. The van der Waals surface area contributed by atoms with Crippen LogP contribution in [0.5, 0.6) is 0 Å². The number of rotatable bonds is 4. The van der Waals surface area contributed by atoms with Crippen molar-refractivity contribution in [2.45, 2.75) is 13.8 Å². The van der Waals surface area contributed by atoms with E-state index in [1.54, 1.807) is 18.2 Å². The third kappa shape index (κ3) is 3.20. The Bertz CT molecular complexity index is 1080. The number of aryl methyl sites for hydroxylation is 1. The lowest BCUT2D eigenvalue weighted by Gasteiger charge is -2.08. The van der Waals surface area contributed by atoms with Gasteiger partial charge < -0.3 is 5.32 Å². The summed E-state index contributed by atoms with van der Waals surface area (Å²) in [5, 5.41) is 18.6. The van der Waals surface area contributed by atoms with Crippen LogP contribution in [0.15, 0.2) is 60.9 Å². The molecule has 0 aliphatic heterocycles. The number of nitrogens with one attached hydrogen (secondary N) is 1. The first-order valence-corrected chi connectivity index (χ1v) is 8.40. The van der Waals surface area contributed by atoms with Crippen molar-refractivity contribution >= 4 is 11.6 Å². The summed E-state index contributed by atoms with van der Waals surface area (Å²) in [5.41, 5.74) is 4.48. The number of carbonyl (C=O) groups is 1. The summed E-state index contributed by atoms with van der Waals surface area (Å²) >= 11 is 0. The smallest absolute Gasteiger partial charge is 0.255 e. The van der Waals surface area contributed by atoms with E-state index in [4.69, 9.17) is 0 Å². The SMILES string of the molecule is Cc1nn(-c2ccccc2)c(C)c1NC(=O)c1cccc(-n2cnnn2)c1. The number of benzene rings is 2. The molecule has 0 aliphatic rings. The molecule has 2 aromatic carbocycles. The van der Waals surface area contributed by atoms with Gasteiger partial charge in [0, 0.05) is 5.56 Å². The second kappa shape index (κ2) is 6.83. The van der Waals surface area contributed by atoms with Gasteiger partial charge in [0.2, 0.25) is 0 Å². The van der Waals surface area contributed by atoms with Gasteiger partial charge in [-0.05, 0) is 54.6 Å². The summed E-state index contributed by atoms with van der Waals surface area (Å²) in [6, 6.07) is 16.9. The number of nitrogens with zero attached hydrogens (tertiary/aromatic N) is 6. The fraction of sp³-hybridized carbons (Fsp3) is 0.105. The van der Waals surface area contributed by atoms with Crippen molar-refractivity contribution in [2.24, 2.45) is 0 Å². The van der Waals surface area contributed by atoms with Crippen molar-refractivity contribution in [3.8, 4) is 11.4 Å². The van der Waals surface area contributed by atoms with Gasteiger partial charge >= 0.3 is 0 Å². The van der Waals surface area contributed by atoms with Gasteiger partial charge in [0.05, 0.1) is 28.5 Å². The first-order chi connectivity index (χ1) is 13.1. The normalized spacial score (nSPS) is 10.7. The maximum atomic E-state index is 12.8. The maximum Gasteiger partial charge on any atom is 0.255 e. The number of anilines is 1. The molecule has 4 aromatic rings. The third-order valence-corrected chi connectivity index (χ3v) is 4.25. The fourth-order valence-corrected chi connectivity index (χ4v) is 2.90. The molecule has 0 aliphatic carbocycles. The molecule has 1 amide bonds. The number of hydrogen-bond donors (Lipinski definition) is 1. The van der Waals surface area contributed by atoms with Crippen LogP contribution in [0.3, 0.4) is 0 Å². The summed E-state index contributed by atoms with van der Waals surface area (Å²) in [7, 11) is 0. The third-order valence-electron chi connectivity index (χ3n) is 4.25. The second-order valence-corrected chi connectivity index (χ2v) is 6.05. The Hall–Kier alpha value is -3.81. The molecular formula is C19H17N7O. The highest BCUT2D eigenvalue weighted by molar-refractivity contribution is 6.05. The van der Waals surface area contributed by atoms with E-state index < -0.39 is 0 Å². The van der Waals surface area contributed by atoms with Crippen molar-refractivity contribution in [3.63, 3.8) is 0 Å². The van der Waals surface area contributed by atoms with Crippen molar-refractivity contribution < 1.29 is 4.79 Å². The van der Waals surface area contributed by atoms with E-state index in [9.17, 15) is 4.79 Å². The molecule has 0 fully saturated rings. The Morgan fingerprint density at radius 3 is 2.52 bits per heavy atom. The molecular weight excluding hydrogens is 342 g/mol. The summed E-state index contributed by atoms with van der Waals surface area (Å²) in [6.07, 6.45) is 1.48. The van der Waals surface area contributed by atoms with E-state index >= 15 is 0 Å². The minimum atomic E-state index is -0.219. The summed E-state index contributed by atoms with van der Waals surface area (Å²) in [6.45, 7) is 3.81. The van der Waals surface area contributed by atoms with Gasteiger partial charge in [0.1, 0.15) is 6.33 Å². The molecule has 8 heteroatoms. The van der Waals surface area contributed by atoms with Gasteiger partial charge in [-0.15, -0.1) is 5.10 Å². The van der Waals surface area contributed by atoms with Gasteiger partial charge in [0.15, 0.2) is 0 Å². The predicted octanol–water partition coefficient (Wildman–Crippen LogP) is 2.72. The molecule has 0 radical (unpaired) electrons. The molecule has 0 saturated heterocycles. The number of carbonyl (C=O) groups excluding carboxylic acids is 1. The Morgan fingerprint density at radius 1 is 1.00 bits per heavy atom. The summed E-state index contributed by atoms with van der Waals surface area (Å²) in [5.74, 6) is -0.219. The van der Waals surface area contributed by atoms with E-state index in [1.165, 1.54) is 11.0 Å². The van der Waals surface area contributed by atoms with Crippen LogP contribution in [0, 0.1) is 13.8 Å². The first-order valence-electron chi connectivity index (χ1n) is 8.40. The Balaban J connectivity index is 1.63. The highest BCUT2D eigenvalue weighted by Crippen LogP contribution is 2.23. The number of hydrogen-bond acceptors (Lipinski definition) is 5. The average molecular weight is 359 g/mol. The van der Waals surface area contributed by atoms with Gasteiger partial charge in [-0.2, -0.15) is 5.10 Å². The van der Waals surface area contributed by atoms with Gasteiger partial charge in [-0.25, -0.2) is 9.36 Å². The largest absolute Gasteiger partial charge is 0.319 e. The van der Waals surface area contributed by atoms with Crippen LogP contribution in [0.1, 0.15) is 21.7 Å². The highest BCUT2D eigenvalue weighted by atomic mass is 16.1. The molecule has 0 spiro atoms. The molecule has 1 N–H and O–H groups in total. The number of aromatic nitrogens is 6. The zero-order valence-electron chi connectivity index (χ0n) is 14.9. The molecule has 8 nitrogen and oxygen atoms in total. The van der Waals surface area contributed by atoms with Crippen LogP contribution in [-0.2, 0) is 0 Å². The van der Waals surface area contributed by atoms with Crippen LogP contribution in [0.25, 0.3) is 11.4 Å². The molecule has 0 saturated carbocycles. The van der Waals surface area contributed by atoms with Crippen molar-refractivity contribution in [1.29, 1.82) is 0 Å². The number of amides is 1. The lowest BCUT2D eigenvalue weighted by molar-refractivity contribution is 0.102. The molecule has 0 atom stereocenters. The zero-order chi connectivity index (χ0) is 18.8. The monoisotopic (exact) mass is 359 g/mol. The van der Waals surface area contributed by atoms with Crippen molar-refractivity contribution in [3.05, 3.63) is 77.9 Å². The number of tetrazole rings is 1. The molecule has 2 aromatic heterocycles.